The molecule has 1 aromatic carbocycles. The molecular weight excluding hydrogens is 352 g/mol. The van der Waals surface area contributed by atoms with E-state index in [2.05, 4.69) is 5.32 Å². The van der Waals surface area contributed by atoms with Gasteiger partial charge in [0, 0.05) is 37.2 Å². The number of carbonyl (C=O) groups is 1. The van der Waals surface area contributed by atoms with Crippen LogP contribution in [0.5, 0.6) is 0 Å². The number of ether oxygens (including phenoxy) is 1. The number of carbonyl (C=O) groups excluding carboxylic acids is 1. The van der Waals surface area contributed by atoms with Gasteiger partial charge in [0.15, 0.2) is 0 Å². The average molecular weight is 375 g/mol. The quantitative estimate of drug-likeness (QED) is 0.825. The molecule has 0 aliphatic carbocycles. The fourth-order valence-electron chi connectivity index (χ4n) is 2.77. The van der Waals surface area contributed by atoms with Crippen LogP contribution >= 0.6 is 11.6 Å². The van der Waals surface area contributed by atoms with Gasteiger partial charge in [0.1, 0.15) is 0 Å². The number of methoxy groups -OCH3 is 1. The molecule has 0 spiro atoms. The van der Waals surface area contributed by atoms with Crippen LogP contribution in [-0.4, -0.2) is 51.5 Å². The summed E-state index contributed by atoms with van der Waals surface area (Å²) in [5.41, 5.74) is 0. The molecule has 24 heavy (non-hydrogen) atoms. The lowest BCUT2D eigenvalue weighted by Gasteiger charge is -2.31. The van der Waals surface area contributed by atoms with Crippen molar-refractivity contribution in [2.24, 2.45) is 5.92 Å². The van der Waals surface area contributed by atoms with Crippen molar-refractivity contribution in [3.63, 3.8) is 0 Å². The van der Waals surface area contributed by atoms with Crippen molar-refractivity contribution in [3.8, 4) is 0 Å². The van der Waals surface area contributed by atoms with Crippen LogP contribution in [0.25, 0.3) is 0 Å². The Morgan fingerprint density at radius 3 is 2.46 bits per heavy atom. The van der Waals surface area contributed by atoms with Crippen LogP contribution in [0.15, 0.2) is 29.2 Å². The lowest BCUT2D eigenvalue weighted by atomic mass is 9.97. The van der Waals surface area contributed by atoms with Crippen LogP contribution in [0.1, 0.15) is 19.8 Å². The van der Waals surface area contributed by atoms with Gasteiger partial charge in [0.2, 0.25) is 15.9 Å². The summed E-state index contributed by atoms with van der Waals surface area (Å²) in [5, 5.41) is 3.39. The Bertz CT molecular complexity index is 655. The molecule has 6 nitrogen and oxygen atoms in total. The second kappa shape index (κ2) is 8.29. The summed E-state index contributed by atoms with van der Waals surface area (Å²) in [4.78, 5) is 12.4. The highest BCUT2D eigenvalue weighted by atomic mass is 35.5. The molecule has 8 heteroatoms. The van der Waals surface area contributed by atoms with E-state index in [0.29, 0.717) is 37.6 Å². The molecule has 1 heterocycles. The summed E-state index contributed by atoms with van der Waals surface area (Å²) in [6.07, 6.45) is 1.02. The third-order valence-electron chi connectivity index (χ3n) is 4.08. The number of piperidine rings is 1. The van der Waals surface area contributed by atoms with Crippen LogP contribution in [0, 0.1) is 5.92 Å². The van der Waals surface area contributed by atoms with Crippen molar-refractivity contribution in [3.05, 3.63) is 29.3 Å². The summed E-state index contributed by atoms with van der Waals surface area (Å²) in [7, 11) is -1.95. The summed E-state index contributed by atoms with van der Waals surface area (Å²) >= 11 is 5.80. The smallest absolute Gasteiger partial charge is 0.243 e. The second-order valence-corrected chi connectivity index (χ2v) is 8.37. The molecule has 0 bridgehead atoms. The van der Waals surface area contributed by atoms with E-state index in [-0.39, 0.29) is 22.8 Å². The Kier molecular flexibility index (Phi) is 6.62. The fourth-order valence-corrected chi connectivity index (χ4v) is 4.36. The number of sulfonamides is 1. The number of nitrogens with zero attached hydrogens (tertiary/aromatic N) is 1. The van der Waals surface area contributed by atoms with Gasteiger partial charge in [-0.25, -0.2) is 8.42 Å². The Morgan fingerprint density at radius 2 is 1.92 bits per heavy atom. The number of hydrogen-bond acceptors (Lipinski definition) is 4. The number of benzene rings is 1. The Balaban J connectivity index is 1.94. The third-order valence-corrected chi connectivity index (χ3v) is 6.25. The number of amides is 1. The molecule has 1 aromatic rings. The summed E-state index contributed by atoms with van der Waals surface area (Å²) in [5.74, 6) is -0.205. The van der Waals surface area contributed by atoms with E-state index in [4.69, 9.17) is 16.3 Å². The van der Waals surface area contributed by atoms with E-state index in [9.17, 15) is 13.2 Å². The molecule has 1 aliphatic rings. The summed E-state index contributed by atoms with van der Waals surface area (Å²) in [6.45, 7) is 3.00. The Labute approximate surface area is 148 Å². The van der Waals surface area contributed by atoms with Gasteiger partial charge >= 0.3 is 0 Å². The number of nitrogens with one attached hydrogen (secondary N) is 1. The molecule has 0 unspecified atom stereocenters. The molecule has 2 rings (SSSR count). The summed E-state index contributed by atoms with van der Waals surface area (Å²) < 4.78 is 31.6. The molecule has 0 radical (unpaired) electrons. The minimum absolute atomic E-state index is 0.0388. The largest absolute Gasteiger partial charge is 0.383 e. The van der Waals surface area contributed by atoms with E-state index in [0.717, 1.165) is 0 Å². The second-order valence-electron chi connectivity index (χ2n) is 6.00. The first-order valence-corrected chi connectivity index (χ1v) is 9.71. The lowest BCUT2D eigenvalue weighted by Crippen LogP contribution is -2.45. The van der Waals surface area contributed by atoms with Crippen LogP contribution in [0.4, 0.5) is 0 Å². The van der Waals surface area contributed by atoms with E-state index in [1.165, 1.54) is 16.4 Å². The van der Waals surface area contributed by atoms with Crippen LogP contribution in [0.3, 0.4) is 0 Å². The van der Waals surface area contributed by atoms with Crippen molar-refractivity contribution in [1.29, 1.82) is 0 Å². The Hall–Kier alpha value is -1.15. The predicted octanol–water partition coefficient (Wildman–Crippen LogP) is 1.89. The van der Waals surface area contributed by atoms with Crippen molar-refractivity contribution < 1.29 is 17.9 Å². The molecule has 1 atom stereocenters. The number of halogens is 1. The molecule has 1 N–H and O–H groups in total. The molecule has 1 aliphatic heterocycles. The van der Waals surface area contributed by atoms with Crippen LogP contribution < -0.4 is 5.32 Å². The first-order valence-electron chi connectivity index (χ1n) is 7.89. The highest BCUT2D eigenvalue weighted by Crippen LogP contribution is 2.24. The third kappa shape index (κ3) is 4.69. The average Bonchev–Trinajstić information content (AvgIpc) is 2.55. The molecule has 1 amide bonds. The zero-order chi connectivity index (χ0) is 17.7. The topological polar surface area (TPSA) is 75.7 Å². The monoisotopic (exact) mass is 374 g/mol. The fraction of sp³-hybridized carbons (Fsp3) is 0.562. The minimum atomic E-state index is -3.54. The van der Waals surface area contributed by atoms with Gasteiger partial charge in [-0.1, -0.05) is 11.6 Å². The predicted molar refractivity (Wildman–Crippen MR) is 92.4 cm³/mol. The van der Waals surface area contributed by atoms with Gasteiger partial charge in [-0.3, -0.25) is 4.79 Å². The van der Waals surface area contributed by atoms with E-state index < -0.39 is 10.0 Å². The van der Waals surface area contributed by atoms with Crippen LogP contribution in [0.2, 0.25) is 5.02 Å². The molecule has 0 saturated carbocycles. The van der Waals surface area contributed by atoms with Gasteiger partial charge in [-0.2, -0.15) is 4.31 Å². The Morgan fingerprint density at radius 1 is 1.33 bits per heavy atom. The lowest BCUT2D eigenvalue weighted by molar-refractivity contribution is -0.127. The van der Waals surface area contributed by atoms with Gasteiger partial charge in [0.05, 0.1) is 11.5 Å². The van der Waals surface area contributed by atoms with Crippen molar-refractivity contribution in [2.75, 3.05) is 26.8 Å². The number of hydrogen-bond donors (Lipinski definition) is 1. The van der Waals surface area contributed by atoms with E-state index in [1.54, 1.807) is 19.2 Å². The molecule has 0 aromatic heterocycles. The first kappa shape index (κ1) is 19.2. The van der Waals surface area contributed by atoms with Crippen molar-refractivity contribution in [2.45, 2.75) is 30.7 Å². The van der Waals surface area contributed by atoms with Crippen molar-refractivity contribution >= 4 is 27.5 Å². The van der Waals surface area contributed by atoms with Crippen molar-refractivity contribution in [1.82, 2.24) is 9.62 Å². The molecule has 134 valence electrons. The molecule has 1 saturated heterocycles. The van der Waals surface area contributed by atoms with Gasteiger partial charge in [-0.15, -0.1) is 0 Å². The first-order chi connectivity index (χ1) is 11.3. The normalized spacial score (nSPS) is 18.3. The molecule has 1 fully saturated rings. The highest BCUT2D eigenvalue weighted by Gasteiger charge is 2.32. The SMILES string of the molecule is COC[C@@H](C)NC(=O)C1CCN(S(=O)(=O)c2ccc(Cl)cc2)CC1. The van der Waals surface area contributed by atoms with Crippen LogP contribution in [-0.2, 0) is 19.6 Å². The van der Waals surface area contributed by atoms with Gasteiger partial charge in [0.25, 0.3) is 0 Å². The van der Waals surface area contributed by atoms with E-state index >= 15 is 0 Å². The number of rotatable bonds is 6. The maximum absolute atomic E-state index is 12.6. The zero-order valence-corrected chi connectivity index (χ0v) is 15.4. The van der Waals surface area contributed by atoms with Gasteiger partial charge in [-0.05, 0) is 44.0 Å². The zero-order valence-electron chi connectivity index (χ0n) is 13.9. The minimum Gasteiger partial charge on any atom is -0.383 e. The van der Waals surface area contributed by atoms with Gasteiger partial charge < -0.3 is 10.1 Å². The standard InChI is InChI=1S/C16H23ClN2O4S/c1-12(11-23-2)18-16(20)13-7-9-19(10-8-13)24(21,22)15-5-3-14(17)4-6-15/h3-6,12-13H,7-11H2,1-2H3,(H,18,20)/t12-/m1/s1. The van der Waals surface area contributed by atoms with E-state index in [1.807, 2.05) is 6.92 Å². The summed E-state index contributed by atoms with van der Waals surface area (Å²) in [6, 6.07) is 6.07. The highest BCUT2D eigenvalue weighted by molar-refractivity contribution is 7.89. The maximum Gasteiger partial charge on any atom is 0.243 e. The molecular formula is C16H23ClN2O4S. The maximum atomic E-state index is 12.6.